The number of hydrogen-bond acceptors (Lipinski definition) is 4. The van der Waals surface area contributed by atoms with Crippen LogP contribution in [-0.2, 0) is 4.79 Å². The predicted octanol–water partition coefficient (Wildman–Crippen LogP) is 0.0100. The maximum absolute atomic E-state index is 11.6. The predicted molar refractivity (Wildman–Crippen MR) is 76.9 cm³/mol. The van der Waals surface area contributed by atoms with E-state index in [1.807, 2.05) is 0 Å². The van der Waals surface area contributed by atoms with Crippen molar-refractivity contribution in [2.45, 2.75) is 44.7 Å². The summed E-state index contributed by atoms with van der Waals surface area (Å²) in [7, 11) is 0. The van der Waals surface area contributed by atoms with Gasteiger partial charge in [-0.25, -0.2) is 0 Å². The van der Waals surface area contributed by atoms with Gasteiger partial charge in [-0.2, -0.15) is 0 Å². The first kappa shape index (κ1) is 14.8. The van der Waals surface area contributed by atoms with Crippen LogP contribution in [0.1, 0.15) is 32.6 Å². The minimum Gasteiger partial charge on any atom is -0.368 e. The molecule has 2 fully saturated rings. The Morgan fingerprint density at radius 3 is 2.89 bits per heavy atom. The lowest BCUT2D eigenvalue weighted by Gasteiger charge is -2.39. The second-order valence-corrected chi connectivity index (χ2v) is 5.79. The molecule has 2 heterocycles. The van der Waals surface area contributed by atoms with E-state index in [0.717, 1.165) is 19.6 Å². The van der Waals surface area contributed by atoms with Crippen molar-refractivity contribution in [3.8, 4) is 0 Å². The summed E-state index contributed by atoms with van der Waals surface area (Å²) in [5, 5.41) is 3.28. The minimum atomic E-state index is -0.179. The van der Waals surface area contributed by atoms with E-state index in [0.29, 0.717) is 12.6 Å². The van der Waals surface area contributed by atoms with E-state index in [1.54, 1.807) is 0 Å². The van der Waals surface area contributed by atoms with Gasteiger partial charge in [-0.3, -0.25) is 9.69 Å². The maximum atomic E-state index is 11.6. The molecule has 3 N–H and O–H groups in total. The molecule has 0 aliphatic carbocycles. The summed E-state index contributed by atoms with van der Waals surface area (Å²) >= 11 is 0. The van der Waals surface area contributed by atoms with Crippen LogP contribution in [0, 0.1) is 0 Å². The van der Waals surface area contributed by atoms with E-state index in [4.69, 9.17) is 5.73 Å². The second kappa shape index (κ2) is 7.22. The van der Waals surface area contributed by atoms with Gasteiger partial charge in [-0.15, -0.1) is 0 Å². The van der Waals surface area contributed by atoms with Crippen LogP contribution in [0.25, 0.3) is 0 Å². The number of nitrogens with zero attached hydrogens (tertiary/aromatic N) is 2. The van der Waals surface area contributed by atoms with E-state index in [2.05, 4.69) is 22.0 Å². The number of carbonyl (C=O) groups excluding carboxylic acids is 1. The van der Waals surface area contributed by atoms with Gasteiger partial charge in [0, 0.05) is 25.7 Å². The standard InChI is InChI=1S/C14H28N4O/c1-2-7-17-8-3-4-12(5-9-17)18-10-6-16-11-13(18)14(15)19/h12-13,16H,2-11H2,1H3,(H2,15,19). The van der Waals surface area contributed by atoms with Gasteiger partial charge in [0.25, 0.3) is 0 Å². The van der Waals surface area contributed by atoms with Gasteiger partial charge >= 0.3 is 0 Å². The molecule has 0 aromatic carbocycles. The summed E-state index contributed by atoms with van der Waals surface area (Å²) in [4.78, 5) is 16.5. The highest BCUT2D eigenvalue weighted by atomic mass is 16.1. The van der Waals surface area contributed by atoms with Crippen LogP contribution in [0.5, 0.6) is 0 Å². The molecule has 0 radical (unpaired) electrons. The van der Waals surface area contributed by atoms with Crippen molar-refractivity contribution in [3.05, 3.63) is 0 Å². The van der Waals surface area contributed by atoms with Crippen LogP contribution in [0.15, 0.2) is 0 Å². The summed E-state index contributed by atoms with van der Waals surface area (Å²) in [5.41, 5.74) is 5.55. The van der Waals surface area contributed by atoms with Crippen molar-refractivity contribution < 1.29 is 4.79 Å². The number of piperazine rings is 1. The molecular formula is C14H28N4O. The molecule has 1 amide bonds. The zero-order valence-corrected chi connectivity index (χ0v) is 12.1. The first-order chi connectivity index (χ1) is 9.22. The molecule has 0 bridgehead atoms. The number of carbonyl (C=O) groups is 1. The Bertz CT molecular complexity index is 297. The molecule has 0 spiro atoms. The van der Waals surface area contributed by atoms with Crippen molar-refractivity contribution in [1.82, 2.24) is 15.1 Å². The lowest BCUT2D eigenvalue weighted by Crippen LogP contribution is -2.60. The van der Waals surface area contributed by atoms with Crippen molar-refractivity contribution in [2.24, 2.45) is 5.73 Å². The summed E-state index contributed by atoms with van der Waals surface area (Å²) in [5.74, 6) is -0.179. The van der Waals surface area contributed by atoms with Gasteiger partial charge in [0.2, 0.25) is 5.91 Å². The molecule has 0 saturated carbocycles. The van der Waals surface area contributed by atoms with Crippen molar-refractivity contribution >= 4 is 5.91 Å². The monoisotopic (exact) mass is 268 g/mol. The lowest BCUT2D eigenvalue weighted by atomic mass is 10.0. The molecule has 2 atom stereocenters. The third kappa shape index (κ3) is 3.91. The molecule has 2 unspecified atom stereocenters. The third-order valence-electron chi connectivity index (χ3n) is 4.41. The maximum Gasteiger partial charge on any atom is 0.236 e. The molecule has 0 aromatic rings. The van der Waals surface area contributed by atoms with Gasteiger partial charge < -0.3 is 16.0 Å². The number of hydrogen-bond donors (Lipinski definition) is 2. The fourth-order valence-corrected chi connectivity index (χ4v) is 3.43. The molecule has 2 saturated heterocycles. The molecular weight excluding hydrogens is 240 g/mol. The summed E-state index contributed by atoms with van der Waals surface area (Å²) in [6, 6.07) is 0.415. The van der Waals surface area contributed by atoms with E-state index in [9.17, 15) is 4.79 Å². The van der Waals surface area contributed by atoms with Gasteiger partial charge in [0.1, 0.15) is 6.04 Å². The van der Waals surface area contributed by atoms with E-state index in [1.165, 1.54) is 38.8 Å². The van der Waals surface area contributed by atoms with Gasteiger partial charge in [0.05, 0.1) is 0 Å². The fraction of sp³-hybridized carbons (Fsp3) is 0.929. The number of nitrogens with two attached hydrogens (primary N) is 1. The topological polar surface area (TPSA) is 61.6 Å². The Labute approximate surface area is 116 Å². The molecule has 5 heteroatoms. The highest BCUT2D eigenvalue weighted by Crippen LogP contribution is 2.20. The Morgan fingerprint density at radius 2 is 2.16 bits per heavy atom. The van der Waals surface area contributed by atoms with Crippen LogP contribution in [0.2, 0.25) is 0 Å². The van der Waals surface area contributed by atoms with E-state index in [-0.39, 0.29) is 11.9 Å². The smallest absolute Gasteiger partial charge is 0.236 e. The lowest BCUT2D eigenvalue weighted by molar-refractivity contribution is -0.125. The number of nitrogens with one attached hydrogen (secondary N) is 1. The van der Waals surface area contributed by atoms with Crippen LogP contribution < -0.4 is 11.1 Å². The first-order valence-corrected chi connectivity index (χ1v) is 7.70. The van der Waals surface area contributed by atoms with Gasteiger partial charge in [0.15, 0.2) is 0 Å². The van der Waals surface area contributed by atoms with Crippen LogP contribution >= 0.6 is 0 Å². The zero-order chi connectivity index (χ0) is 13.7. The second-order valence-electron chi connectivity index (χ2n) is 5.79. The summed E-state index contributed by atoms with van der Waals surface area (Å²) in [6.45, 7) is 8.44. The van der Waals surface area contributed by atoms with Crippen LogP contribution in [-0.4, -0.2) is 67.1 Å². The molecule has 2 rings (SSSR count). The molecule has 110 valence electrons. The summed E-state index contributed by atoms with van der Waals surface area (Å²) in [6.07, 6.45) is 4.83. The molecule has 2 aliphatic heterocycles. The number of rotatable bonds is 4. The van der Waals surface area contributed by atoms with Crippen molar-refractivity contribution in [1.29, 1.82) is 0 Å². The fourth-order valence-electron chi connectivity index (χ4n) is 3.43. The Balaban J connectivity index is 1.94. The quantitative estimate of drug-likeness (QED) is 0.754. The zero-order valence-electron chi connectivity index (χ0n) is 12.1. The molecule has 5 nitrogen and oxygen atoms in total. The third-order valence-corrected chi connectivity index (χ3v) is 4.41. The van der Waals surface area contributed by atoms with Crippen molar-refractivity contribution in [2.75, 3.05) is 39.3 Å². The normalized spacial score (nSPS) is 31.0. The number of amides is 1. The van der Waals surface area contributed by atoms with Crippen LogP contribution in [0.4, 0.5) is 0 Å². The largest absolute Gasteiger partial charge is 0.368 e. The number of primary amides is 1. The average Bonchev–Trinajstić information content (AvgIpc) is 2.65. The van der Waals surface area contributed by atoms with Gasteiger partial charge in [-0.05, 0) is 45.3 Å². The molecule has 19 heavy (non-hydrogen) atoms. The number of likely N-dealkylation sites (tertiary alicyclic amines) is 1. The first-order valence-electron chi connectivity index (χ1n) is 7.70. The summed E-state index contributed by atoms with van der Waals surface area (Å²) < 4.78 is 0. The van der Waals surface area contributed by atoms with Crippen LogP contribution in [0.3, 0.4) is 0 Å². The van der Waals surface area contributed by atoms with E-state index >= 15 is 0 Å². The highest BCUT2D eigenvalue weighted by Gasteiger charge is 2.32. The Kier molecular flexibility index (Phi) is 5.60. The highest BCUT2D eigenvalue weighted by molar-refractivity contribution is 5.80. The molecule has 2 aliphatic rings. The minimum absolute atomic E-state index is 0.114. The van der Waals surface area contributed by atoms with E-state index < -0.39 is 0 Å². The Morgan fingerprint density at radius 1 is 1.32 bits per heavy atom. The average molecular weight is 268 g/mol. The Hall–Kier alpha value is -0.650. The molecule has 0 aromatic heterocycles. The van der Waals surface area contributed by atoms with Crippen molar-refractivity contribution in [3.63, 3.8) is 0 Å². The SMILES string of the molecule is CCCN1CCCC(N2CCNCC2C(N)=O)CC1. The van der Waals surface area contributed by atoms with Gasteiger partial charge in [-0.1, -0.05) is 6.92 Å².